The number of nitrogens with two attached hydrogens (primary N) is 1. The van der Waals surface area contributed by atoms with Gasteiger partial charge in [-0.05, 0) is 6.07 Å². The smallest absolute Gasteiger partial charge is 0.323 e. The summed E-state index contributed by atoms with van der Waals surface area (Å²) in [6, 6.07) is 1.20. The van der Waals surface area contributed by atoms with Gasteiger partial charge < -0.3 is 10.5 Å². The quantitative estimate of drug-likeness (QED) is 0.639. The molecule has 0 bridgehead atoms. The Bertz CT molecular complexity index is 295. The lowest BCUT2D eigenvalue weighted by Gasteiger charge is -2.06. The molecule has 0 amide bonds. The molecule has 1 unspecified atom stereocenters. The maximum Gasteiger partial charge on any atom is 0.323 e. The summed E-state index contributed by atoms with van der Waals surface area (Å²) < 4.78 is 6.16. The van der Waals surface area contributed by atoms with Gasteiger partial charge >= 0.3 is 5.97 Å². The molecule has 1 aromatic heterocycles. The number of hydrogen-bond acceptors (Lipinski definition) is 4. The van der Waals surface area contributed by atoms with Gasteiger partial charge in [-0.1, -0.05) is 0 Å². The molecule has 0 fully saturated rings. The predicted molar refractivity (Wildman–Crippen MR) is 46.9 cm³/mol. The fraction of sp³-hybridized carbons (Fsp3) is 0.500. The van der Waals surface area contributed by atoms with Crippen LogP contribution in [0.2, 0.25) is 0 Å². The van der Waals surface area contributed by atoms with E-state index in [0.29, 0.717) is 6.42 Å². The Kier molecular flexibility index (Phi) is 3.02. The van der Waals surface area contributed by atoms with E-state index in [1.54, 1.807) is 10.9 Å². The fourth-order valence-electron chi connectivity index (χ4n) is 1.03. The largest absolute Gasteiger partial charge is 0.468 e. The Morgan fingerprint density at radius 3 is 3.00 bits per heavy atom. The summed E-state index contributed by atoms with van der Waals surface area (Å²) in [7, 11) is 3.13. The molecular formula is C8H13N3O2. The van der Waals surface area contributed by atoms with Gasteiger partial charge in [0.25, 0.3) is 0 Å². The summed E-state index contributed by atoms with van der Waals surface area (Å²) in [6.07, 6.45) is 2.22. The van der Waals surface area contributed by atoms with E-state index in [1.165, 1.54) is 7.11 Å². The molecule has 0 radical (unpaired) electrons. The minimum absolute atomic E-state index is 0.410. The second kappa shape index (κ2) is 4.04. The lowest BCUT2D eigenvalue weighted by Crippen LogP contribution is -2.33. The van der Waals surface area contributed by atoms with Gasteiger partial charge in [-0.15, -0.1) is 0 Å². The lowest BCUT2D eigenvalue weighted by molar-refractivity contribution is -0.142. The van der Waals surface area contributed by atoms with Gasteiger partial charge in [0.05, 0.1) is 12.8 Å². The van der Waals surface area contributed by atoms with E-state index >= 15 is 0 Å². The van der Waals surface area contributed by atoms with Crippen LogP contribution in [0.3, 0.4) is 0 Å². The summed E-state index contributed by atoms with van der Waals surface area (Å²) >= 11 is 0. The Hall–Kier alpha value is -1.36. The van der Waals surface area contributed by atoms with Crippen molar-refractivity contribution in [3.05, 3.63) is 18.0 Å². The van der Waals surface area contributed by atoms with Crippen molar-refractivity contribution in [2.24, 2.45) is 12.8 Å². The molecule has 5 nitrogen and oxygen atoms in total. The molecule has 0 spiro atoms. The SMILES string of the molecule is COC(=O)C(N)Cc1ccn(C)n1. The van der Waals surface area contributed by atoms with Gasteiger partial charge in [0.15, 0.2) is 0 Å². The molecule has 2 N–H and O–H groups in total. The van der Waals surface area contributed by atoms with Crippen LogP contribution in [0.5, 0.6) is 0 Å². The predicted octanol–water partition coefficient (Wildman–Crippen LogP) is -0.537. The molecule has 0 saturated heterocycles. The van der Waals surface area contributed by atoms with Crippen LogP contribution in [0, 0.1) is 0 Å². The fourth-order valence-corrected chi connectivity index (χ4v) is 1.03. The topological polar surface area (TPSA) is 70.1 Å². The molecule has 5 heteroatoms. The highest BCUT2D eigenvalue weighted by atomic mass is 16.5. The number of rotatable bonds is 3. The first kappa shape index (κ1) is 9.73. The van der Waals surface area contributed by atoms with Crippen molar-refractivity contribution < 1.29 is 9.53 Å². The van der Waals surface area contributed by atoms with Crippen LogP contribution < -0.4 is 5.73 Å². The van der Waals surface area contributed by atoms with Gasteiger partial charge in [0.1, 0.15) is 6.04 Å². The van der Waals surface area contributed by atoms with Crippen molar-refractivity contribution >= 4 is 5.97 Å². The Morgan fingerprint density at radius 1 is 1.85 bits per heavy atom. The molecule has 1 aromatic rings. The van der Waals surface area contributed by atoms with E-state index in [1.807, 2.05) is 13.1 Å². The summed E-state index contributed by atoms with van der Waals surface area (Å²) in [5.41, 5.74) is 6.34. The first-order chi connectivity index (χ1) is 6.13. The van der Waals surface area contributed by atoms with E-state index in [9.17, 15) is 4.79 Å². The normalized spacial score (nSPS) is 12.5. The average Bonchev–Trinajstić information content (AvgIpc) is 2.49. The molecule has 1 rings (SSSR count). The van der Waals surface area contributed by atoms with Crippen LogP contribution in [-0.4, -0.2) is 28.9 Å². The average molecular weight is 183 g/mol. The molecule has 1 heterocycles. The van der Waals surface area contributed by atoms with Gasteiger partial charge in [-0.3, -0.25) is 9.48 Å². The van der Waals surface area contributed by atoms with E-state index in [4.69, 9.17) is 5.73 Å². The van der Waals surface area contributed by atoms with E-state index < -0.39 is 12.0 Å². The zero-order valence-electron chi connectivity index (χ0n) is 7.73. The standard InChI is InChI=1S/C8H13N3O2/c1-11-4-3-6(10-11)5-7(9)8(12)13-2/h3-4,7H,5,9H2,1-2H3. The maximum absolute atomic E-state index is 10.9. The zero-order chi connectivity index (χ0) is 9.84. The molecule has 0 aromatic carbocycles. The van der Waals surface area contributed by atoms with Crippen molar-refractivity contribution in [2.45, 2.75) is 12.5 Å². The minimum atomic E-state index is -0.625. The van der Waals surface area contributed by atoms with E-state index in [-0.39, 0.29) is 0 Å². The van der Waals surface area contributed by atoms with Crippen LogP contribution in [0.15, 0.2) is 12.3 Å². The highest BCUT2D eigenvalue weighted by Gasteiger charge is 2.15. The van der Waals surface area contributed by atoms with E-state index in [2.05, 4.69) is 9.84 Å². The molecule has 0 aliphatic rings. The number of carbonyl (C=O) groups excluding carboxylic acids is 1. The number of aryl methyl sites for hydroxylation is 1. The third-order valence-corrected chi connectivity index (χ3v) is 1.70. The second-order valence-corrected chi connectivity index (χ2v) is 2.81. The molecule has 1 atom stereocenters. The van der Waals surface area contributed by atoms with Gasteiger partial charge in [0.2, 0.25) is 0 Å². The summed E-state index contributed by atoms with van der Waals surface area (Å²) in [4.78, 5) is 10.9. The summed E-state index contributed by atoms with van der Waals surface area (Å²) in [6.45, 7) is 0. The van der Waals surface area contributed by atoms with Crippen LogP contribution in [0.1, 0.15) is 5.69 Å². The number of ether oxygens (including phenoxy) is 1. The van der Waals surface area contributed by atoms with Crippen molar-refractivity contribution in [1.29, 1.82) is 0 Å². The van der Waals surface area contributed by atoms with Crippen LogP contribution >= 0.6 is 0 Å². The number of esters is 1. The van der Waals surface area contributed by atoms with Crippen LogP contribution in [0.25, 0.3) is 0 Å². The lowest BCUT2D eigenvalue weighted by atomic mass is 10.2. The highest BCUT2D eigenvalue weighted by molar-refractivity contribution is 5.75. The van der Waals surface area contributed by atoms with Gasteiger partial charge in [-0.2, -0.15) is 5.10 Å². The molecule has 0 aliphatic carbocycles. The van der Waals surface area contributed by atoms with Crippen molar-refractivity contribution in [3.8, 4) is 0 Å². The third kappa shape index (κ3) is 2.55. The maximum atomic E-state index is 10.9. The number of nitrogens with zero attached hydrogens (tertiary/aromatic N) is 2. The number of aromatic nitrogens is 2. The highest BCUT2D eigenvalue weighted by Crippen LogP contribution is 1.99. The molecule has 0 aliphatic heterocycles. The zero-order valence-corrected chi connectivity index (χ0v) is 7.73. The molecular weight excluding hydrogens is 170 g/mol. The second-order valence-electron chi connectivity index (χ2n) is 2.81. The third-order valence-electron chi connectivity index (χ3n) is 1.70. The number of carbonyl (C=O) groups is 1. The Labute approximate surface area is 76.5 Å². The van der Waals surface area contributed by atoms with Crippen LogP contribution in [0.4, 0.5) is 0 Å². The number of methoxy groups -OCH3 is 1. The van der Waals surface area contributed by atoms with E-state index in [0.717, 1.165) is 5.69 Å². The van der Waals surface area contributed by atoms with Crippen molar-refractivity contribution in [1.82, 2.24) is 9.78 Å². The van der Waals surface area contributed by atoms with Gasteiger partial charge in [0, 0.05) is 19.7 Å². The van der Waals surface area contributed by atoms with Gasteiger partial charge in [-0.25, -0.2) is 0 Å². The molecule has 0 saturated carbocycles. The molecule has 13 heavy (non-hydrogen) atoms. The van der Waals surface area contributed by atoms with Crippen LogP contribution in [-0.2, 0) is 23.0 Å². The first-order valence-electron chi connectivity index (χ1n) is 3.95. The van der Waals surface area contributed by atoms with Crippen molar-refractivity contribution in [2.75, 3.05) is 7.11 Å². The Balaban J connectivity index is 2.54. The van der Waals surface area contributed by atoms with Crippen molar-refractivity contribution in [3.63, 3.8) is 0 Å². The first-order valence-corrected chi connectivity index (χ1v) is 3.95. The Morgan fingerprint density at radius 2 is 2.54 bits per heavy atom. The summed E-state index contributed by atoms with van der Waals surface area (Å²) in [5, 5.41) is 4.10. The summed E-state index contributed by atoms with van der Waals surface area (Å²) in [5.74, 6) is -0.411. The molecule has 72 valence electrons. The number of hydrogen-bond donors (Lipinski definition) is 1. The monoisotopic (exact) mass is 183 g/mol. The minimum Gasteiger partial charge on any atom is -0.468 e.